The van der Waals surface area contributed by atoms with E-state index in [0.29, 0.717) is 17.9 Å². The SMILES string of the molecule is CN(C(=O)c1cc(C2CC2)nc2ccccc12)C1CCS(=O)(=O)C1. The summed E-state index contributed by atoms with van der Waals surface area (Å²) in [6.45, 7) is 0. The Morgan fingerprint density at radius 1 is 1.21 bits per heavy atom. The quantitative estimate of drug-likeness (QED) is 0.857. The van der Waals surface area contributed by atoms with Gasteiger partial charge in [-0.05, 0) is 31.4 Å². The highest BCUT2D eigenvalue weighted by Crippen LogP contribution is 2.40. The zero-order valence-corrected chi connectivity index (χ0v) is 14.4. The van der Waals surface area contributed by atoms with Crippen molar-refractivity contribution in [3.8, 4) is 0 Å². The number of carbonyl (C=O) groups excluding carboxylic acids is 1. The Morgan fingerprint density at radius 3 is 2.62 bits per heavy atom. The third-order valence-corrected chi connectivity index (χ3v) is 6.79. The number of carbonyl (C=O) groups is 1. The molecule has 6 heteroatoms. The second-order valence-electron chi connectivity index (χ2n) is 6.86. The summed E-state index contributed by atoms with van der Waals surface area (Å²) < 4.78 is 23.4. The number of benzene rings is 1. The Kier molecular flexibility index (Phi) is 3.60. The van der Waals surface area contributed by atoms with Gasteiger partial charge in [-0.15, -0.1) is 0 Å². The Hall–Kier alpha value is -1.95. The molecule has 1 unspecified atom stereocenters. The van der Waals surface area contributed by atoms with E-state index >= 15 is 0 Å². The van der Waals surface area contributed by atoms with Gasteiger partial charge < -0.3 is 4.90 Å². The van der Waals surface area contributed by atoms with E-state index in [2.05, 4.69) is 0 Å². The normalized spacial score (nSPS) is 22.6. The average Bonchev–Trinajstić information content (AvgIpc) is 3.36. The standard InChI is InChI=1S/C18H20N2O3S/c1-20(13-8-9-24(22,23)11-13)18(21)15-10-17(12-6-7-12)19-16-5-3-2-4-14(15)16/h2-5,10,12-13H,6-9,11H2,1H3. The summed E-state index contributed by atoms with van der Waals surface area (Å²) >= 11 is 0. The number of fused-ring (bicyclic) bond motifs is 1. The van der Waals surface area contributed by atoms with Crippen LogP contribution in [0.1, 0.15) is 41.2 Å². The van der Waals surface area contributed by atoms with Crippen LogP contribution in [0.3, 0.4) is 0 Å². The molecule has 2 heterocycles. The molecule has 0 spiro atoms. The third-order valence-electron chi connectivity index (χ3n) is 5.04. The number of aromatic nitrogens is 1. The van der Waals surface area contributed by atoms with E-state index in [0.717, 1.165) is 29.4 Å². The maximum Gasteiger partial charge on any atom is 0.254 e. The Bertz CT molecular complexity index is 919. The molecule has 1 amide bonds. The molecule has 1 atom stereocenters. The molecule has 0 bridgehead atoms. The fourth-order valence-corrected chi connectivity index (χ4v) is 5.17. The minimum Gasteiger partial charge on any atom is -0.338 e. The maximum absolute atomic E-state index is 13.1. The lowest BCUT2D eigenvalue weighted by molar-refractivity contribution is 0.0749. The van der Waals surface area contributed by atoms with Gasteiger partial charge in [0.25, 0.3) is 5.91 Å². The number of sulfone groups is 1. The van der Waals surface area contributed by atoms with Gasteiger partial charge in [0.15, 0.2) is 9.84 Å². The molecule has 0 radical (unpaired) electrons. The molecule has 4 rings (SSSR count). The number of hydrogen-bond acceptors (Lipinski definition) is 4. The molecular weight excluding hydrogens is 324 g/mol. The zero-order chi connectivity index (χ0) is 16.9. The first-order valence-corrected chi connectivity index (χ1v) is 10.1. The van der Waals surface area contributed by atoms with Crippen molar-refractivity contribution in [2.24, 2.45) is 0 Å². The van der Waals surface area contributed by atoms with Crippen LogP contribution in [0, 0.1) is 0 Å². The molecule has 1 aliphatic carbocycles. The summed E-state index contributed by atoms with van der Waals surface area (Å²) in [5.41, 5.74) is 2.44. The van der Waals surface area contributed by atoms with Crippen LogP contribution in [-0.4, -0.2) is 48.8 Å². The third kappa shape index (κ3) is 2.79. The number of pyridine rings is 1. The number of amides is 1. The molecule has 0 N–H and O–H groups in total. The lowest BCUT2D eigenvalue weighted by atomic mass is 10.0. The van der Waals surface area contributed by atoms with Gasteiger partial charge in [0.1, 0.15) is 0 Å². The second kappa shape index (κ2) is 5.55. The maximum atomic E-state index is 13.1. The highest BCUT2D eigenvalue weighted by Gasteiger charge is 2.34. The molecule has 2 fully saturated rings. The van der Waals surface area contributed by atoms with Crippen LogP contribution in [0.5, 0.6) is 0 Å². The molecular formula is C18H20N2O3S. The first-order valence-electron chi connectivity index (χ1n) is 8.32. The highest BCUT2D eigenvalue weighted by molar-refractivity contribution is 7.91. The van der Waals surface area contributed by atoms with E-state index in [9.17, 15) is 13.2 Å². The summed E-state index contributed by atoms with van der Waals surface area (Å²) in [6, 6.07) is 9.33. The van der Waals surface area contributed by atoms with Crippen LogP contribution in [0.25, 0.3) is 10.9 Å². The predicted molar refractivity (Wildman–Crippen MR) is 92.9 cm³/mol. The minimum atomic E-state index is -3.02. The summed E-state index contributed by atoms with van der Waals surface area (Å²) in [6.07, 6.45) is 2.76. The number of rotatable bonds is 3. The van der Waals surface area contributed by atoms with Gasteiger partial charge in [-0.1, -0.05) is 18.2 Å². The second-order valence-corrected chi connectivity index (χ2v) is 9.09. The lowest BCUT2D eigenvalue weighted by Crippen LogP contribution is -2.38. The van der Waals surface area contributed by atoms with Crippen LogP contribution in [0.15, 0.2) is 30.3 Å². The van der Waals surface area contributed by atoms with Crippen molar-refractivity contribution in [1.82, 2.24) is 9.88 Å². The van der Waals surface area contributed by atoms with Gasteiger partial charge >= 0.3 is 0 Å². The summed E-state index contributed by atoms with van der Waals surface area (Å²) in [7, 11) is -1.31. The molecule has 1 saturated heterocycles. The number of nitrogens with zero attached hydrogens (tertiary/aromatic N) is 2. The fraction of sp³-hybridized carbons (Fsp3) is 0.444. The van der Waals surface area contributed by atoms with Gasteiger partial charge in [0.05, 0.1) is 22.6 Å². The van der Waals surface area contributed by atoms with E-state index in [-0.39, 0.29) is 23.5 Å². The van der Waals surface area contributed by atoms with Crippen LogP contribution in [-0.2, 0) is 9.84 Å². The van der Waals surface area contributed by atoms with Gasteiger partial charge in [-0.2, -0.15) is 0 Å². The van der Waals surface area contributed by atoms with Crippen LogP contribution in [0.4, 0.5) is 0 Å². The monoisotopic (exact) mass is 344 g/mol. The van der Waals surface area contributed by atoms with Crippen LogP contribution < -0.4 is 0 Å². The minimum absolute atomic E-state index is 0.0632. The van der Waals surface area contributed by atoms with E-state index in [1.54, 1.807) is 11.9 Å². The van der Waals surface area contributed by atoms with Crippen molar-refractivity contribution < 1.29 is 13.2 Å². The molecule has 1 saturated carbocycles. The molecule has 1 aromatic heterocycles. The smallest absolute Gasteiger partial charge is 0.254 e. The molecule has 24 heavy (non-hydrogen) atoms. The molecule has 1 aromatic carbocycles. The molecule has 2 aliphatic rings. The van der Waals surface area contributed by atoms with E-state index < -0.39 is 9.84 Å². The Balaban J connectivity index is 1.73. The van der Waals surface area contributed by atoms with Crippen molar-refractivity contribution >= 4 is 26.6 Å². The van der Waals surface area contributed by atoms with Crippen LogP contribution in [0.2, 0.25) is 0 Å². The van der Waals surface area contributed by atoms with E-state index in [1.807, 2.05) is 30.3 Å². The topological polar surface area (TPSA) is 67.3 Å². The predicted octanol–water partition coefficient (Wildman–Crippen LogP) is 2.37. The molecule has 126 valence electrons. The number of para-hydroxylation sites is 1. The first kappa shape index (κ1) is 15.6. The summed E-state index contributed by atoms with van der Waals surface area (Å²) in [5.74, 6) is 0.573. The number of hydrogen-bond donors (Lipinski definition) is 0. The summed E-state index contributed by atoms with van der Waals surface area (Å²) in [5, 5.41) is 0.833. The first-order chi connectivity index (χ1) is 11.4. The highest BCUT2D eigenvalue weighted by atomic mass is 32.2. The summed E-state index contributed by atoms with van der Waals surface area (Å²) in [4.78, 5) is 19.3. The van der Waals surface area contributed by atoms with Crippen molar-refractivity contribution in [2.75, 3.05) is 18.6 Å². The molecule has 1 aliphatic heterocycles. The molecule has 5 nitrogen and oxygen atoms in total. The zero-order valence-electron chi connectivity index (χ0n) is 13.6. The van der Waals surface area contributed by atoms with Crippen molar-refractivity contribution in [1.29, 1.82) is 0 Å². The van der Waals surface area contributed by atoms with Crippen LogP contribution >= 0.6 is 0 Å². The fourth-order valence-electron chi connectivity index (χ4n) is 3.40. The molecule has 2 aromatic rings. The van der Waals surface area contributed by atoms with E-state index in [4.69, 9.17) is 4.98 Å². The lowest BCUT2D eigenvalue weighted by Gasteiger charge is -2.24. The largest absolute Gasteiger partial charge is 0.338 e. The average molecular weight is 344 g/mol. The van der Waals surface area contributed by atoms with Gasteiger partial charge in [-0.25, -0.2) is 8.42 Å². The van der Waals surface area contributed by atoms with Crippen molar-refractivity contribution in [2.45, 2.75) is 31.2 Å². The van der Waals surface area contributed by atoms with E-state index in [1.165, 1.54) is 0 Å². The Morgan fingerprint density at radius 2 is 1.96 bits per heavy atom. The Labute approximate surface area is 141 Å². The van der Waals surface area contributed by atoms with Gasteiger partial charge in [-0.3, -0.25) is 9.78 Å². The van der Waals surface area contributed by atoms with Gasteiger partial charge in [0, 0.05) is 30.1 Å². The van der Waals surface area contributed by atoms with Crippen molar-refractivity contribution in [3.05, 3.63) is 41.6 Å². The van der Waals surface area contributed by atoms with Gasteiger partial charge in [0.2, 0.25) is 0 Å². The van der Waals surface area contributed by atoms with Crippen molar-refractivity contribution in [3.63, 3.8) is 0 Å².